The lowest BCUT2D eigenvalue weighted by atomic mass is 9.98. The first-order chi connectivity index (χ1) is 8.62. The van der Waals surface area contributed by atoms with Crippen molar-refractivity contribution in [3.8, 4) is 0 Å². The Labute approximate surface area is 117 Å². The van der Waals surface area contributed by atoms with E-state index in [1.165, 1.54) is 11.3 Å². The molecule has 19 heavy (non-hydrogen) atoms. The van der Waals surface area contributed by atoms with Gasteiger partial charge in [0.25, 0.3) is 5.91 Å². The first-order valence-electron chi connectivity index (χ1n) is 6.12. The highest BCUT2D eigenvalue weighted by atomic mass is 32.1. The van der Waals surface area contributed by atoms with Crippen LogP contribution in [0, 0.1) is 5.92 Å². The maximum atomic E-state index is 12.0. The third-order valence-electron chi connectivity index (χ3n) is 2.60. The van der Waals surface area contributed by atoms with Gasteiger partial charge >= 0.3 is 5.97 Å². The number of rotatable bonds is 4. The molecule has 1 heterocycles. The third kappa shape index (κ3) is 4.02. The Bertz CT molecular complexity index is 474. The van der Waals surface area contributed by atoms with Crippen molar-refractivity contribution in [3.63, 3.8) is 0 Å². The summed E-state index contributed by atoms with van der Waals surface area (Å²) in [4.78, 5) is 27.3. The molecule has 1 aromatic heterocycles. The highest BCUT2D eigenvalue weighted by molar-refractivity contribution is 7.10. The highest BCUT2D eigenvalue weighted by Crippen LogP contribution is 2.25. The van der Waals surface area contributed by atoms with E-state index in [0.717, 1.165) is 5.01 Å². The molecule has 0 aliphatic heterocycles. The van der Waals surface area contributed by atoms with Crippen LogP contribution in [0.3, 0.4) is 0 Å². The smallest absolute Gasteiger partial charge is 0.326 e. The first-order valence-corrected chi connectivity index (χ1v) is 7.00. The molecule has 1 amide bonds. The zero-order chi connectivity index (χ0) is 14.8. The summed E-state index contributed by atoms with van der Waals surface area (Å²) in [6, 6.07) is -0.896. The number of carbonyl (C=O) groups excluding carboxylic acids is 1. The number of aliphatic carboxylic acids is 1. The van der Waals surface area contributed by atoms with Gasteiger partial charge in [-0.05, 0) is 5.92 Å². The summed E-state index contributed by atoms with van der Waals surface area (Å²) in [5, 5.41) is 14.1. The van der Waals surface area contributed by atoms with Crippen LogP contribution in [0.5, 0.6) is 0 Å². The number of nitrogens with one attached hydrogen (secondary N) is 1. The van der Waals surface area contributed by atoms with Gasteiger partial charge in [-0.25, -0.2) is 9.78 Å². The van der Waals surface area contributed by atoms with E-state index in [2.05, 4.69) is 10.3 Å². The molecule has 5 nitrogen and oxygen atoms in total. The summed E-state index contributed by atoms with van der Waals surface area (Å²) in [7, 11) is 0. The molecule has 0 unspecified atom stereocenters. The molecule has 1 rings (SSSR count). The Morgan fingerprint density at radius 1 is 1.37 bits per heavy atom. The average Bonchev–Trinajstić information content (AvgIpc) is 2.73. The van der Waals surface area contributed by atoms with Gasteiger partial charge in [0, 0.05) is 10.8 Å². The molecular weight excluding hydrogens is 264 g/mol. The van der Waals surface area contributed by atoms with Crippen LogP contribution in [0.25, 0.3) is 0 Å². The summed E-state index contributed by atoms with van der Waals surface area (Å²) in [5.74, 6) is -1.65. The van der Waals surface area contributed by atoms with Crippen molar-refractivity contribution in [2.45, 2.75) is 46.1 Å². The predicted molar refractivity (Wildman–Crippen MR) is 74.5 cm³/mol. The quantitative estimate of drug-likeness (QED) is 0.889. The molecule has 0 bridgehead atoms. The predicted octanol–water partition coefficient (Wildman–Crippen LogP) is 2.28. The number of nitrogens with zero attached hydrogens (tertiary/aromatic N) is 1. The van der Waals surface area contributed by atoms with Gasteiger partial charge in [-0.1, -0.05) is 34.6 Å². The largest absolute Gasteiger partial charge is 0.480 e. The maximum absolute atomic E-state index is 12.0. The number of aromatic nitrogens is 1. The summed E-state index contributed by atoms with van der Waals surface area (Å²) in [6.07, 6.45) is 0. The Morgan fingerprint density at radius 3 is 2.32 bits per heavy atom. The Morgan fingerprint density at radius 2 is 1.95 bits per heavy atom. The normalized spacial score (nSPS) is 13.4. The van der Waals surface area contributed by atoms with Crippen molar-refractivity contribution in [1.29, 1.82) is 0 Å². The lowest BCUT2D eigenvalue weighted by molar-refractivity contribution is -0.140. The minimum Gasteiger partial charge on any atom is -0.480 e. The van der Waals surface area contributed by atoms with Crippen molar-refractivity contribution in [1.82, 2.24) is 10.3 Å². The van der Waals surface area contributed by atoms with Crippen LogP contribution in [0.2, 0.25) is 0 Å². The van der Waals surface area contributed by atoms with Crippen molar-refractivity contribution in [2.75, 3.05) is 0 Å². The first kappa shape index (κ1) is 15.6. The molecule has 0 saturated carbocycles. The monoisotopic (exact) mass is 284 g/mol. The van der Waals surface area contributed by atoms with E-state index in [9.17, 15) is 9.59 Å². The van der Waals surface area contributed by atoms with E-state index < -0.39 is 17.9 Å². The van der Waals surface area contributed by atoms with Crippen LogP contribution in [0.15, 0.2) is 5.38 Å². The fraction of sp³-hybridized carbons (Fsp3) is 0.615. The molecule has 1 aromatic rings. The second-order valence-electron chi connectivity index (χ2n) is 5.82. The second-order valence-corrected chi connectivity index (χ2v) is 6.68. The molecule has 106 valence electrons. The molecule has 1 atom stereocenters. The third-order valence-corrected chi connectivity index (χ3v) is 3.87. The summed E-state index contributed by atoms with van der Waals surface area (Å²) < 4.78 is 0. The number of amides is 1. The molecule has 2 N–H and O–H groups in total. The molecule has 0 radical (unpaired) electrons. The van der Waals surface area contributed by atoms with Gasteiger partial charge in [0.15, 0.2) is 0 Å². The minimum absolute atomic E-state index is 0.118. The zero-order valence-corrected chi connectivity index (χ0v) is 12.7. The lowest BCUT2D eigenvalue weighted by Crippen LogP contribution is -2.44. The van der Waals surface area contributed by atoms with Crippen LogP contribution in [-0.4, -0.2) is 28.0 Å². The van der Waals surface area contributed by atoms with Crippen LogP contribution in [-0.2, 0) is 10.2 Å². The van der Waals surface area contributed by atoms with Crippen LogP contribution >= 0.6 is 11.3 Å². The number of hydrogen-bond donors (Lipinski definition) is 2. The number of carboxylic acids is 1. The number of thiazole rings is 1. The van der Waals surface area contributed by atoms with Crippen molar-refractivity contribution < 1.29 is 14.7 Å². The van der Waals surface area contributed by atoms with Crippen molar-refractivity contribution >= 4 is 23.2 Å². The van der Waals surface area contributed by atoms with Gasteiger partial charge in [0.1, 0.15) is 11.7 Å². The topological polar surface area (TPSA) is 79.3 Å². The van der Waals surface area contributed by atoms with Crippen molar-refractivity contribution in [3.05, 3.63) is 16.1 Å². The molecule has 6 heteroatoms. The van der Waals surface area contributed by atoms with Crippen LogP contribution < -0.4 is 5.32 Å². The Balaban J connectivity index is 2.84. The average molecular weight is 284 g/mol. The van der Waals surface area contributed by atoms with Crippen molar-refractivity contribution in [2.24, 2.45) is 5.92 Å². The van der Waals surface area contributed by atoms with E-state index in [-0.39, 0.29) is 17.0 Å². The summed E-state index contributed by atoms with van der Waals surface area (Å²) >= 11 is 1.41. The molecular formula is C13H20N2O3S. The molecule has 0 aliphatic rings. The highest BCUT2D eigenvalue weighted by Gasteiger charge is 2.26. The number of carbonyl (C=O) groups is 2. The van der Waals surface area contributed by atoms with E-state index >= 15 is 0 Å². The minimum atomic E-state index is -1.03. The summed E-state index contributed by atoms with van der Waals surface area (Å²) in [6.45, 7) is 9.55. The molecule has 0 spiro atoms. The van der Waals surface area contributed by atoms with Gasteiger partial charge < -0.3 is 10.4 Å². The molecule has 0 saturated heterocycles. The van der Waals surface area contributed by atoms with Gasteiger partial charge in [0.2, 0.25) is 0 Å². The molecule has 0 fully saturated rings. The van der Waals surface area contributed by atoms with E-state index in [1.807, 2.05) is 20.8 Å². The van der Waals surface area contributed by atoms with Gasteiger partial charge in [0.05, 0.1) is 5.01 Å². The van der Waals surface area contributed by atoms with Gasteiger partial charge in [-0.3, -0.25) is 4.79 Å². The van der Waals surface area contributed by atoms with Crippen LogP contribution in [0.1, 0.15) is 50.1 Å². The molecule has 0 aliphatic carbocycles. The second kappa shape index (κ2) is 5.69. The Hall–Kier alpha value is -1.43. The van der Waals surface area contributed by atoms with Gasteiger partial charge in [-0.2, -0.15) is 0 Å². The van der Waals surface area contributed by atoms with E-state index in [4.69, 9.17) is 5.11 Å². The fourth-order valence-electron chi connectivity index (χ4n) is 1.45. The van der Waals surface area contributed by atoms with Crippen LogP contribution in [0.4, 0.5) is 0 Å². The van der Waals surface area contributed by atoms with Gasteiger partial charge in [-0.15, -0.1) is 11.3 Å². The fourth-order valence-corrected chi connectivity index (χ4v) is 2.34. The van der Waals surface area contributed by atoms with E-state index in [1.54, 1.807) is 19.2 Å². The Kier molecular flexibility index (Phi) is 4.68. The lowest BCUT2D eigenvalue weighted by Gasteiger charge is -2.17. The molecule has 0 aromatic carbocycles. The standard InChI is InChI=1S/C13H20N2O3S/c1-7(2)9(11(17)18)15-10(16)8-6-19-12(14-8)13(3,4)5/h6-7,9H,1-5H3,(H,15,16)(H,17,18)/t9-/m1/s1. The number of hydrogen-bond acceptors (Lipinski definition) is 4. The zero-order valence-electron chi connectivity index (χ0n) is 11.9. The van der Waals surface area contributed by atoms with E-state index in [0.29, 0.717) is 0 Å². The summed E-state index contributed by atoms with van der Waals surface area (Å²) in [5.41, 5.74) is 0.162. The maximum Gasteiger partial charge on any atom is 0.326 e. The SMILES string of the molecule is CC(C)[C@@H](NC(=O)c1csc(C(C)(C)C)n1)C(=O)O. The number of carboxylic acid groups (broad SMARTS) is 1.